The van der Waals surface area contributed by atoms with Gasteiger partial charge in [-0.3, -0.25) is 4.98 Å². The number of benzene rings is 1. The summed E-state index contributed by atoms with van der Waals surface area (Å²) < 4.78 is 14.7. The van der Waals surface area contributed by atoms with Crippen molar-refractivity contribution in [1.82, 2.24) is 9.71 Å². The van der Waals surface area contributed by atoms with E-state index < -0.39 is 11.4 Å². The molecule has 0 aliphatic carbocycles. The summed E-state index contributed by atoms with van der Waals surface area (Å²) in [6.07, 6.45) is 4.55. The van der Waals surface area contributed by atoms with E-state index in [4.69, 9.17) is 0 Å². The summed E-state index contributed by atoms with van der Waals surface area (Å²) in [6, 6.07) is 8.36. The van der Waals surface area contributed by atoms with Crippen LogP contribution in [0.5, 0.6) is 0 Å². The highest BCUT2D eigenvalue weighted by molar-refractivity contribution is 7.90. The van der Waals surface area contributed by atoms with Gasteiger partial charge in [0.05, 0.1) is 0 Å². The van der Waals surface area contributed by atoms with Crippen LogP contribution in [0.4, 0.5) is 0 Å². The number of rotatable bonds is 4. The molecule has 0 fully saturated rings. The first-order valence-corrected chi connectivity index (χ1v) is 7.60. The maximum absolute atomic E-state index is 11.9. The lowest BCUT2D eigenvalue weighted by Gasteiger charge is -2.23. The second kappa shape index (κ2) is 5.90. The van der Waals surface area contributed by atoms with Crippen LogP contribution in [0.25, 0.3) is 10.8 Å². The Hall–Kier alpha value is -1.10. The summed E-state index contributed by atoms with van der Waals surface area (Å²) >= 11 is -0.998. The van der Waals surface area contributed by atoms with Crippen LogP contribution in [0.3, 0.4) is 0 Å². The van der Waals surface area contributed by atoms with Crippen molar-refractivity contribution in [3.8, 4) is 0 Å². The number of nitrogens with zero attached hydrogens (tertiary/aromatic N) is 1. The molecule has 0 aliphatic heterocycles. The molecule has 2 rings (SSSR count). The predicted molar refractivity (Wildman–Crippen MR) is 81.3 cm³/mol. The Bertz CT molecular complexity index is 551. The first-order chi connectivity index (χ1) is 8.97. The van der Waals surface area contributed by atoms with Gasteiger partial charge in [0.2, 0.25) is 0 Å². The molecule has 4 heteroatoms. The Morgan fingerprint density at radius 2 is 2.00 bits per heavy atom. The number of pyridine rings is 1. The Morgan fingerprint density at radius 3 is 2.74 bits per heavy atom. The molecule has 0 saturated heterocycles. The molecule has 0 spiro atoms. The van der Waals surface area contributed by atoms with Crippen LogP contribution in [-0.2, 0) is 17.8 Å². The first kappa shape index (κ1) is 14.3. The largest absolute Gasteiger partial charge is 0.598 e. The molecular formula is C15H20N2OS. The molecule has 0 amide bonds. The third-order valence-corrected chi connectivity index (χ3v) is 4.49. The van der Waals surface area contributed by atoms with Crippen LogP contribution in [0.1, 0.15) is 26.3 Å². The lowest BCUT2D eigenvalue weighted by molar-refractivity contribution is 0.544. The van der Waals surface area contributed by atoms with Gasteiger partial charge < -0.3 is 4.55 Å². The third kappa shape index (κ3) is 3.93. The molecule has 19 heavy (non-hydrogen) atoms. The number of hydrogen-bond donors (Lipinski definition) is 1. The highest BCUT2D eigenvalue weighted by atomic mass is 32.2. The summed E-state index contributed by atoms with van der Waals surface area (Å²) in [7, 11) is 0. The van der Waals surface area contributed by atoms with E-state index in [1.165, 1.54) is 10.9 Å². The Balaban J connectivity index is 1.95. The van der Waals surface area contributed by atoms with E-state index in [0.29, 0.717) is 0 Å². The molecule has 1 N–H and O–H groups in total. The van der Waals surface area contributed by atoms with Crippen molar-refractivity contribution in [3.63, 3.8) is 0 Å². The first-order valence-electron chi connectivity index (χ1n) is 6.45. The Labute approximate surface area is 117 Å². The number of fused-ring (bicyclic) bond motifs is 1. The lowest BCUT2D eigenvalue weighted by atomic mass is 10.1. The van der Waals surface area contributed by atoms with Crippen LogP contribution in [0, 0.1) is 0 Å². The minimum Gasteiger partial charge on any atom is -0.598 e. The molecule has 102 valence electrons. The normalized spacial score (nSPS) is 13.7. The predicted octanol–water partition coefficient (Wildman–Crippen LogP) is 2.83. The molecule has 1 unspecified atom stereocenters. The topological polar surface area (TPSA) is 48.0 Å². The average molecular weight is 276 g/mol. The molecule has 1 aromatic heterocycles. The standard InChI is InChI=1S/C15H20N2OS/c1-15(2,3)19(18)17-9-6-12-4-5-14-11-16-8-7-13(14)10-12/h4-5,7-8,10-11,17H,6,9H2,1-3H3. The van der Waals surface area contributed by atoms with Gasteiger partial charge in [0.1, 0.15) is 4.75 Å². The van der Waals surface area contributed by atoms with E-state index in [0.717, 1.165) is 18.4 Å². The molecule has 2 aromatic rings. The van der Waals surface area contributed by atoms with Gasteiger partial charge in [0, 0.05) is 35.7 Å². The maximum Gasteiger partial charge on any atom is 0.136 e. The molecule has 0 saturated carbocycles. The van der Waals surface area contributed by atoms with Gasteiger partial charge in [0.15, 0.2) is 0 Å². The van der Waals surface area contributed by atoms with Gasteiger partial charge in [0.25, 0.3) is 0 Å². The molecule has 0 radical (unpaired) electrons. The quantitative estimate of drug-likeness (QED) is 0.874. The van der Waals surface area contributed by atoms with Crippen molar-refractivity contribution in [2.45, 2.75) is 31.9 Å². The van der Waals surface area contributed by atoms with Gasteiger partial charge in [-0.25, -0.2) is 0 Å². The third-order valence-electron chi connectivity index (χ3n) is 2.91. The zero-order valence-electron chi connectivity index (χ0n) is 11.6. The Morgan fingerprint density at radius 1 is 1.21 bits per heavy atom. The van der Waals surface area contributed by atoms with Gasteiger partial charge in [-0.05, 0) is 44.2 Å². The second-order valence-corrected chi connectivity index (χ2v) is 7.63. The number of aromatic nitrogens is 1. The maximum atomic E-state index is 11.9. The van der Waals surface area contributed by atoms with Crippen LogP contribution in [0.2, 0.25) is 0 Å². The fourth-order valence-electron chi connectivity index (χ4n) is 1.79. The smallest absolute Gasteiger partial charge is 0.136 e. The zero-order chi connectivity index (χ0) is 13.9. The number of nitrogens with one attached hydrogen (secondary N) is 1. The van der Waals surface area contributed by atoms with E-state index >= 15 is 0 Å². The highest BCUT2D eigenvalue weighted by Gasteiger charge is 2.25. The molecule has 1 heterocycles. The fraction of sp³-hybridized carbons (Fsp3) is 0.400. The van der Waals surface area contributed by atoms with E-state index in [2.05, 4.69) is 27.9 Å². The van der Waals surface area contributed by atoms with E-state index in [1.54, 1.807) is 6.20 Å². The van der Waals surface area contributed by atoms with Crippen molar-refractivity contribution < 1.29 is 4.55 Å². The molecule has 1 aromatic carbocycles. The van der Waals surface area contributed by atoms with Crippen molar-refractivity contribution in [1.29, 1.82) is 0 Å². The average Bonchev–Trinajstić information content (AvgIpc) is 2.37. The summed E-state index contributed by atoms with van der Waals surface area (Å²) in [5.41, 5.74) is 1.25. The zero-order valence-corrected chi connectivity index (χ0v) is 12.5. The molecule has 1 atom stereocenters. The number of hydrogen-bond acceptors (Lipinski definition) is 3. The molecule has 0 aliphatic rings. The van der Waals surface area contributed by atoms with Crippen LogP contribution in [-0.4, -0.2) is 20.8 Å². The van der Waals surface area contributed by atoms with E-state index in [1.807, 2.05) is 33.0 Å². The molecular weight excluding hydrogens is 256 g/mol. The van der Waals surface area contributed by atoms with E-state index in [9.17, 15) is 4.55 Å². The van der Waals surface area contributed by atoms with Crippen LogP contribution in [0.15, 0.2) is 36.7 Å². The van der Waals surface area contributed by atoms with E-state index in [-0.39, 0.29) is 4.75 Å². The SMILES string of the molecule is CC(C)(C)[S+]([O-])NCCc1ccc2cnccc2c1. The van der Waals surface area contributed by atoms with Crippen molar-refractivity contribution in [2.24, 2.45) is 0 Å². The van der Waals surface area contributed by atoms with Gasteiger partial charge in [-0.2, -0.15) is 0 Å². The Kier molecular flexibility index (Phi) is 4.45. The van der Waals surface area contributed by atoms with Crippen molar-refractivity contribution in [2.75, 3.05) is 6.54 Å². The minimum absolute atomic E-state index is 0.213. The summed E-state index contributed by atoms with van der Waals surface area (Å²) in [4.78, 5) is 4.10. The lowest BCUT2D eigenvalue weighted by Crippen LogP contribution is -2.40. The fourth-order valence-corrected chi connectivity index (χ4v) is 2.51. The van der Waals surface area contributed by atoms with Gasteiger partial charge in [-0.15, -0.1) is 4.72 Å². The van der Waals surface area contributed by atoms with Crippen molar-refractivity contribution in [3.05, 3.63) is 42.2 Å². The van der Waals surface area contributed by atoms with Crippen LogP contribution < -0.4 is 4.72 Å². The monoisotopic (exact) mass is 276 g/mol. The molecule has 0 bridgehead atoms. The second-order valence-electron chi connectivity index (χ2n) is 5.58. The van der Waals surface area contributed by atoms with Gasteiger partial charge in [-0.1, -0.05) is 18.2 Å². The van der Waals surface area contributed by atoms with Crippen molar-refractivity contribution >= 4 is 22.1 Å². The minimum atomic E-state index is -0.998. The summed E-state index contributed by atoms with van der Waals surface area (Å²) in [6.45, 7) is 6.64. The van der Waals surface area contributed by atoms with Crippen LogP contribution >= 0.6 is 0 Å². The summed E-state index contributed by atoms with van der Waals surface area (Å²) in [5.74, 6) is 0. The summed E-state index contributed by atoms with van der Waals surface area (Å²) in [5, 5.41) is 2.35. The highest BCUT2D eigenvalue weighted by Crippen LogP contribution is 2.16. The molecule has 3 nitrogen and oxygen atoms in total. The van der Waals surface area contributed by atoms with Gasteiger partial charge >= 0.3 is 0 Å².